The molecule has 5 nitrogen and oxygen atoms in total. The van der Waals surface area contributed by atoms with E-state index in [-0.39, 0.29) is 30.0 Å². The summed E-state index contributed by atoms with van der Waals surface area (Å²) in [5.74, 6) is -0.256. The number of nitrogens with zero attached hydrogens (tertiary/aromatic N) is 1. The molecule has 27 heavy (non-hydrogen) atoms. The van der Waals surface area contributed by atoms with E-state index in [9.17, 15) is 23.5 Å². The molecule has 3 rings (SSSR count). The zero-order valence-corrected chi connectivity index (χ0v) is 16.7. The van der Waals surface area contributed by atoms with Gasteiger partial charge in [-0.25, -0.2) is 0 Å². The number of aliphatic hydroxyl groups is 1. The SMILES string of the molecule is CC1(C)COc2ccc(OC(F)(F)F)cc2C(O)(C2=CC=CC=IN2[O-])C1. The minimum atomic E-state index is -4.87. The molecule has 0 spiro atoms. The van der Waals surface area contributed by atoms with Gasteiger partial charge in [-0.2, -0.15) is 0 Å². The van der Waals surface area contributed by atoms with E-state index in [1.165, 1.54) is 12.1 Å². The van der Waals surface area contributed by atoms with Gasteiger partial charge in [-0.05, 0) is 55.7 Å². The van der Waals surface area contributed by atoms with Gasteiger partial charge in [-0.1, -0.05) is 26.0 Å². The maximum atomic E-state index is 12.6. The molecule has 0 aromatic heterocycles. The van der Waals surface area contributed by atoms with Crippen LogP contribution in [0, 0.1) is 10.6 Å². The molecule has 2 aliphatic heterocycles. The quantitative estimate of drug-likeness (QED) is 0.482. The molecule has 1 aromatic carbocycles. The Bertz CT molecular complexity index is 819. The monoisotopic (exact) mass is 496 g/mol. The van der Waals surface area contributed by atoms with E-state index >= 15 is 0 Å². The molecule has 0 fully saturated rings. The molecule has 9 heteroatoms. The molecule has 148 valence electrons. The Kier molecular flexibility index (Phi) is 5.30. The maximum Gasteiger partial charge on any atom is 0.573 e. The molecule has 0 saturated carbocycles. The largest absolute Gasteiger partial charge is 0.750 e. The first-order valence-corrected chi connectivity index (χ1v) is 10.3. The van der Waals surface area contributed by atoms with Crippen LogP contribution in [0.15, 0.2) is 42.1 Å². The molecule has 0 radical (unpaired) electrons. The van der Waals surface area contributed by atoms with Crippen molar-refractivity contribution in [1.29, 1.82) is 0 Å². The van der Waals surface area contributed by atoms with Crippen LogP contribution in [-0.4, -0.2) is 25.4 Å². The van der Waals surface area contributed by atoms with Crippen molar-refractivity contribution in [1.82, 2.24) is 3.28 Å². The van der Waals surface area contributed by atoms with E-state index in [1.807, 2.05) is 13.8 Å². The van der Waals surface area contributed by atoms with Gasteiger partial charge in [-0.15, -0.1) is 13.2 Å². The molecular weight excluding hydrogens is 478 g/mol. The van der Waals surface area contributed by atoms with Gasteiger partial charge < -0.3 is 23.1 Å². The van der Waals surface area contributed by atoms with Gasteiger partial charge in [0.1, 0.15) is 17.1 Å². The summed E-state index contributed by atoms with van der Waals surface area (Å²) >= 11 is -1.05. The lowest BCUT2D eigenvalue weighted by Gasteiger charge is -2.41. The minimum Gasteiger partial charge on any atom is -0.750 e. The lowest BCUT2D eigenvalue weighted by molar-refractivity contribution is -0.274. The van der Waals surface area contributed by atoms with E-state index in [4.69, 9.17) is 4.74 Å². The van der Waals surface area contributed by atoms with Crippen molar-refractivity contribution in [2.75, 3.05) is 6.61 Å². The third-order valence-corrected chi connectivity index (χ3v) is 5.94. The van der Waals surface area contributed by atoms with Gasteiger partial charge in [0.25, 0.3) is 0 Å². The first kappa shape index (κ1) is 20.2. The standard InChI is InChI=1S/C18H18F3INO4/c1-16(2)10-17(24,15-5-3-4-8-22-23(15)25)13-9-12(27-18(19,20)21)6-7-14(13)26-11-16/h3-9,24H,10-11H2,1-2H3/q-1. The van der Waals surface area contributed by atoms with Crippen molar-refractivity contribution in [3.05, 3.63) is 52.9 Å². The Labute approximate surface area is 164 Å². The second-order valence-electron chi connectivity index (χ2n) is 7.10. The molecular formula is C18H18F3INO4-. The lowest BCUT2D eigenvalue weighted by atomic mass is 9.76. The van der Waals surface area contributed by atoms with Crippen molar-refractivity contribution in [2.24, 2.45) is 5.41 Å². The van der Waals surface area contributed by atoms with E-state index in [0.29, 0.717) is 0 Å². The molecule has 0 bridgehead atoms. The van der Waals surface area contributed by atoms with Gasteiger partial charge >= 0.3 is 6.36 Å². The van der Waals surface area contributed by atoms with Gasteiger partial charge in [-0.3, -0.25) is 0 Å². The molecule has 0 saturated heterocycles. The number of ether oxygens (including phenoxy) is 2. The second-order valence-corrected chi connectivity index (χ2v) is 9.25. The summed E-state index contributed by atoms with van der Waals surface area (Å²) < 4.78 is 50.2. The van der Waals surface area contributed by atoms with Crippen LogP contribution < -0.4 is 9.47 Å². The fourth-order valence-corrected chi connectivity index (χ4v) is 4.74. The summed E-state index contributed by atoms with van der Waals surface area (Å²) in [5, 5.41) is 24.2. The third kappa shape index (κ3) is 4.46. The zero-order chi connectivity index (χ0) is 19.9. The van der Waals surface area contributed by atoms with E-state index in [2.05, 4.69) is 4.74 Å². The number of hydrogen-bond acceptors (Lipinski definition) is 5. The molecule has 1 aromatic rings. The topological polar surface area (TPSA) is 65.0 Å². The van der Waals surface area contributed by atoms with Crippen molar-refractivity contribution in [3.8, 4) is 11.5 Å². The van der Waals surface area contributed by atoms with Gasteiger partial charge in [0, 0.05) is 16.7 Å². The highest BCUT2D eigenvalue weighted by molar-refractivity contribution is 14.2. The Morgan fingerprint density at radius 2 is 2.04 bits per heavy atom. The maximum absolute atomic E-state index is 12.6. The van der Waals surface area contributed by atoms with E-state index in [0.717, 1.165) is 15.4 Å². The molecule has 2 heterocycles. The minimum absolute atomic E-state index is 0.0845. The number of hydroxylamine groups is 1. The van der Waals surface area contributed by atoms with E-state index < -0.39 is 44.1 Å². The van der Waals surface area contributed by atoms with Crippen LogP contribution >= 0.6 is 21.0 Å². The number of allylic oxidation sites excluding steroid dienone is 3. The van der Waals surface area contributed by atoms with Crippen LogP contribution in [0.4, 0.5) is 13.2 Å². The lowest BCUT2D eigenvalue weighted by Crippen LogP contribution is -2.37. The predicted molar refractivity (Wildman–Crippen MR) is 103 cm³/mol. The Morgan fingerprint density at radius 3 is 2.74 bits per heavy atom. The molecule has 1 atom stereocenters. The van der Waals surface area contributed by atoms with Crippen LogP contribution in [-0.2, 0) is 5.60 Å². The number of rotatable bonds is 2. The highest BCUT2D eigenvalue weighted by atomic mass is 127. The summed E-state index contributed by atoms with van der Waals surface area (Å²) in [5.41, 5.74) is -2.17. The average molecular weight is 496 g/mol. The van der Waals surface area contributed by atoms with Crippen LogP contribution in [0.5, 0.6) is 11.5 Å². The smallest absolute Gasteiger partial charge is 0.573 e. The predicted octanol–water partition coefficient (Wildman–Crippen LogP) is 4.52. The van der Waals surface area contributed by atoms with Gasteiger partial charge in [0.15, 0.2) is 0 Å². The Hall–Kier alpha value is -1.59. The summed E-state index contributed by atoms with van der Waals surface area (Å²) in [7, 11) is 0. The van der Waals surface area contributed by atoms with Crippen molar-refractivity contribution in [2.45, 2.75) is 32.2 Å². The van der Waals surface area contributed by atoms with Crippen molar-refractivity contribution < 1.29 is 27.8 Å². The van der Waals surface area contributed by atoms with Crippen LogP contribution in [0.25, 0.3) is 0 Å². The zero-order valence-electron chi connectivity index (χ0n) is 14.6. The summed E-state index contributed by atoms with van der Waals surface area (Å²) in [4.78, 5) is 0. The van der Waals surface area contributed by atoms with Gasteiger partial charge in [0.05, 0.1) is 6.61 Å². The molecule has 0 aliphatic carbocycles. The number of benzene rings is 1. The van der Waals surface area contributed by atoms with Crippen molar-refractivity contribution >= 4 is 25.0 Å². The molecule has 0 amide bonds. The fraction of sp³-hybridized carbons (Fsp3) is 0.389. The first-order valence-electron chi connectivity index (χ1n) is 8.07. The third-order valence-electron chi connectivity index (χ3n) is 4.18. The fourth-order valence-electron chi connectivity index (χ4n) is 3.16. The highest BCUT2D eigenvalue weighted by Gasteiger charge is 2.45. The average Bonchev–Trinajstić information content (AvgIpc) is 2.81. The Balaban J connectivity index is 2.16. The molecule has 1 unspecified atom stereocenters. The van der Waals surface area contributed by atoms with Crippen LogP contribution in [0.3, 0.4) is 0 Å². The van der Waals surface area contributed by atoms with Gasteiger partial charge in [0.2, 0.25) is 0 Å². The molecule has 1 N–H and O–H groups in total. The van der Waals surface area contributed by atoms with E-state index in [1.54, 1.807) is 16.2 Å². The van der Waals surface area contributed by atoms with Crippen LogP contribution in [0.1, 0.15) is 25.8 Å². The normalized spacial score (nSPS) is 24.7. The first-order chi connectivity index (χ1) is 12.5. The number of fused-ring (bicyclic) bond motifs is 1. The summed E-state index contributed by atoms with van der Waals surface area (Å²) in [6, 6.07) is 3.55. The Morgan fingerprint density at radius 1 is 1.30 bits per heavy atom. The second kappa shape index (κ2) is 7.10. The number of halogens is 4. The number of alkyl halides is 3. The molecule has 2 aliphatic rings. The van der Waals surface area contributed by atoms with Crippen molar-refractivity contribution in [3.63, 3.8) is 0 Å². The van der Waals surface area contributed by atoms with Crippen LogP contribution in [0.2, 0.25) is 0 Å². The number of hydrogen-bond donors (Lipinski definition) is 1. The summed E-state index contributed by atoms with van der Waals surface area (Å²) in [6.07, 6.45) is 0.0895. The summed E-state index contributed by atoms with van der Waals surface area (Å²) in [6.45, 7) is 3.96. The highest BCUT2D eigenvalue weighted by Crippen LogP contribution is 2.49.